The molecule has 1 atom stereocenters. The van der Waals surface area contributed by atoms with Gasteiger partial charge in [0.2, 0.25) is 6.79 Å². The van der Waals surface area contributed by atoms with Crippen molar-refractivity contribution >= 4 is 0 Å². The molecule has 0 amide bonds. The molecule has 116 valence electrons. The van der Waals surface area contributed by atoms with E-state index in [9.17, 15) is 5.11 Å². The number of ether oxygens (including phenoxy) is 3. The van der Waals surface area contributed by atoms with E-state index >= 15 is 0 Å². The normalized spacial score (nSPS) is 22.2. The van der Waals surface area contributed by atoms with Crippen LogP contribution in [0.3, 0.4) is 0 Å². The van der Waals surface area contributed by atoms with Gasteiger partial charge >= 0.3 is 0 Å². The Morgan fingerprint density at radius 2 is 1.95 bits per heavy atom. The molecular weight excluding hydrogens is 268 g/mol. The Hall–Kier alpha value is -1.26. The van der Waals surface area contributed by atoms with Gasteiger partial charge in [0.05, 0.1) is 12.7 Å². The fourth-order valence-electron chi connectivity index (χ4n) is 2.98. The van der Waals surface area contributed by atoms with Crippen molar-refractivity contribution in [2.75, 3.05) is 13.4 Å². The van der Waals surface area contributed by atoms with Crippen molar-refractivity contribution in [1.82, 2.24) is 0 Å². The van der Waals surface area contributed by atoms with Gasteiger partial charge in [-0.15, -0.1) is 0 Å². The lowest BCUT2D eigenvalue weighted by molar-refractivity contribution is -0.0380. The highest BCUT2D eigenvalue weighted by Gasteiger charge is 2.27. The van der Waals surface area contributed by atoms with Gasteiger partial charge in [-0.1, -0.05) is 19.9 Å². The fourth-order valence-corrected chi connectivity index (χ4v) is 2.98. The summed E-state index contributed by atoms with van der Waals surface area (Å²) in [6.45, 7) is 5.21. The molecule has 1 aromatic rings. The summed E-state index contributed by atoms with van der Waals surface area (Å²) < 4.78 is 16.5. The molecule has 1 fully saturated rings. The van der Waals surface area contributed by atoms with Crippen molar-refractivity contribution in [3.05, 3.63) is 23.8 Å². The van der Waals surface area contributed by atoms with E-state index in [1.807, 2.05) is 18.2 Å². The molecule has 0 saturated heterocycles. The molecule has 0 aromatic heterocycles. The van der Waals surface area contributed by atoms with Crippen LogP contribution in [0.4, 0.5) is 0 Å². The molecule has 1 aliphatic carbocycles. The van der Waals surface area contributed by atoms with Gasteiger partial charge in [-0.3, -0.25) is 0 Å². The first-order valence-corrected chi connectivity index (χ1v) is 7.73. The van der Waals surface area contributed by atoms with Gasteiger partial charge < -0.3 is 19.3 Å². The second kappa shape index (κ2) is 5.85. The van der Waals surface area contributed by atoms with E-state index in [1.54, 1.807) is 0 Å². The second-order valence-corrected chi connectivity index (χ2v) is 6.83. The fraction of sp³-hybridized carbons (Fsp3) is 0.647. The van der Waals surface area contributed by atoms with E-state index in [2.05, 4.69) is 13.8 Å². The monoisotopic (exact) mass is 292 g/mol. The third kappa shape index (κ3) is 3.50. The van der Waals surface area contributed by atoms with Gasteiger partial charge in [0, 0.05) is 0 Å². The highest BCUT2D eigenvalue weighted by molar-refractivity contribution is 5.45. The second-order valence-electron chi connectivity index (χ2n) is 6.83. The molecule has 1 aliphatic heterocycles. The number of rotatable bonds is 4. The van der Waals surface area contributed by atoms with E-state index in [-0.39, 0.29) is 12.9 Å². The van der Waals surface area contributed by atoms with E-state index in [4.69, 9.17) is 14.2 Å². The van der Waals surface area contributed by atoms with E-state index in [0.29, 0.717) is 17.8 Å². The minimum Gasteiger partial charge on any atom is -0.454 e. The summed E-state index contributed by atoms with van der Waals surface area (Å²) >= 11 is 0. The van der Waals surface area contributed by atoms with Crippen molar-refractivity contribution in [3.63, 3.8) is 0 Å². The lowest BCUT2D eigenvalue weighted by Crippen LogP contribution is -2.27. The lowest BCUT2D eigenvalue weighted by atomic mass is 9.76. The first-order valence-electron chi connectivity index (χ1n) is 7.73. The van der Waals surface area contributed by atoms with Gasteiger partial charge in [0.15, 0.2) is 11.5 Å². The van der Waals surface area contributed by atoms with Crippen LogP contribution in [0, 0.1) is 5.41 Å². The summed E-state index contributed by atoms with van der Waals surface area (Å²) in [7, 11) is 0. The van der Waals surface area contributed by atoms with Gasteiger partial charge in [-0.05, 0) is 48.8 Å². The summed E-state index contributed by atoms with van der Waals surface area (Å²) in [4.78, 5) is 0. The number of hydrogen-bond acceptors (Lipinski definition) is 4. The number of aliphatic hydroxyl groups is 1. The molecule has 1 unspecified atom stereocenters. The molecule has 4 nitrogen and oxygen atoms in total. The molecule has 2 aliphatic rings. The highest BCUT2D eigenvalue weighted by Crippen LogP contribution is 2.37. The molecule has 3 rings (SSSR count). The first kappa shape index (κ1) is 14.7. The molecular formula is C17H24O4. The highest BCUT2D eigenvalue weighted by atomic mass is 16.7. The predicted octanol–water partition coefficient (Wildman–Crippen LogP) is 3.43. The lowest BCUT2D eigenvalue weighted by Gasteiger charge is -2.34. The Bertz CT molecular complexity index is 488. The SMILES string of the molecule is CC1(C)CCC(OCC(O)c2ccc3c(c2)OCO3)CC1. The smallest absolute Gasteiger partial charge is 0.231 e. The Labute approximate surface area is 126 Å². The van der Waals surface area contributed by atoms with E-state index < -0.39 is 6.10 Å². The maximum absolute atomic E-state index is 10.3. The van der Waals surface area contributed by atoms with Crippen LogP contribution in [-0.2, 0) is 4.74 Å². The van der Waals surface area contributed by atoms with Crippen LogP contribution in [0.15, 0.2) is 18.2 Å². The molecule has 1 N–H and O–H groups in total. The standard InChI is InChI=1S/C17H24O4/c1-17(2)7-5-13(6-8-17)19-10-14(18)12-3-4-15-16(9-12)21-11-20-15/h3-4,9,13-14,18H,5-8,10-11H2,1-2H3. The zero-order valence-corrected chi connectivity index (χ0v) is 12.8. The third-order valence-corrected chi connectivity index (χ3v) is 4.56. The van der Waals surface area contributed by atoms with Crippen LogP contribution in [-0.4, -0.2) is 24.6 Å². The molecule has 1 saturated carbocycles. The minimum atomic E-state index is -0.616. The van der Waals surface area contributed by atoms with Crippen molar-refractivity contribution in [2.45, 2.75) is 51.7 Å². The largest absolute Gasteiger partial charge is 0.454 e. The van der Waals surface area contributed by atoms with Crippen molar-refractivity contribution in [3.8, 4) is 11.5 Å². The van der Waals surface area contributed by atoms with Crippen molar-refractivity contribution in [1.29, 1.82) is 0 Å². The maximum atomic E-state index is 10.3. The maximum Gasteiger partial charge on any atom is 0.231 e. The Morgan fingerprint density at radius 1 is 1.24 bits per heavy atom. The average molecular weight is 292 g/mol. The number of fused-ring (bicyclic) bond motifs is 1. The first-order chi connectivity index (χ1) is 10.0. The average Bonchev–Trinajstić information content (AvgIpc) is 2.93. The summed E-state index contributed by atoms with van der Waals surface area (Å²) in [5.41, 5.74) is 1.26. The van der Waals surface area contributed by atoms with Gasteiger partial charge in [-0.25, -0.2) is 0 Å². The van der Waals surface area contributed by atoms with Crippen molar-refractivity contribution < 1.29 is 19.3 Å². The summed E-state index contributed by atoms with van der Waals surface area (Å²) in [6.07, 6.45) is 4.22. The minimum absolute atomic E-state index is 0.253. The van der Waals surface area contributed by atoms with Gasteiger partial charge in [0.25, 0.3) is 0 Å². The molecule has 0 radical (unpaired) electrons. The van der Waals surface area contributed by atoms with Crippen LogP contribution >= 0.6 is 0 Å². The molecule has 0 spiro atoms. The number of hydrogen-bond donors (Lipinski definition) is 1. The zero-order chi connectivity index (χ0) is 14.9. The Balaban J connectivity index is 1.51. The van der Waals surface area contributed by atoms with Crippen LogP contribution in [0.25, 0.3) is 0 Å². The summed E-state index contributed by atoms with van der Waals surface area (Å²) in [5, 5.41) is 10.3. The number of benzene rings is 1. The summed E-state index contributed by atoms with van der Waals surface area (Å²) in [6, 6.07) is 5.54. The predicted molar refractivity (Wildman–Crippen MR) is 79.5 cm³/mol. The van der Waals surface area contributed by atoms with Crippen LogP contribution in [0.1, 0.15) is 51.2 Å². The third-order valence-electron chi connectivity index (χ3n) is 4.56. The molecule has 0 bridgehead atoms. The Morgan fingerprint density at radius 3 is 2.71 bits per heavy atom. The van der Waals surface area contributed by atoms with Crippen molar-refractivity contribution in [2.24, 2.45) is 5.41 Å². The van der Waals surface area contributed by atoms with E-state index in [0.717, 1.165) is 24.2 Å². The quantitative estimate of drug-likeness (QED) is 0.923. The van der Waals surface area contributed by atoms with E-state index in [1.165, 1.54) is 12.8 Å². The molecule has 1 heterocycles. The van der Waals surface area contributed by atoms with Gasteiger partial charge in [-0.2, -0.15) is 0 Å². The van der Waals surface area contributed by atoms with Crippen LogP contribution in [0.2, 0.25) is 0 Å². The van der Waals surface area contributed by atoms with Gasteiger partial charge in [0.1, 0.15) is 6.10 Å². The Kier molecular flexibility index (Phi) is 4.09. The molecule has 4 heteroatoms. The zero-order valence-electron chi connectivity index (χ0n) is 12.8. The summed E-state index contributed by atoms with van der Waals surface area (Å²) in [5.74, 6) is 1.44. The van der Waals surface area contributed by atoms with Crippen LogP contribution in [0.5, 0.6) is 11.5 Å². The molecule has 1 aromatic carbocycles. The topological polar surface area (TPSA) is 47.9 Å². The molecule has 21 heavy (non-hydrogen) atoms. The number of aliphatic hydroxyl groups excluding tert-OH is 1. The van der Waals surface area contributed by atoms with Crippen LogP contribution < -0.4 is 9.47 Å².